The van der Waals surface area contributed by atoms with Crippen LogP contribution in [0.25, 0.3) is 0 Å². The topological polar surface area (TPSA) is 90.0 Å². The van der Waals surface area contributed by atoms with E-state index >= 15 is 0 Å². The maximum absolute atomic E-state index is 12.0. The van der Waals surface area contributed by atoms with Gasteiger partial charge in [0.2, 0.25) is 0 Å². The summed E-state index contributed by atoms with van der Waals surface area (Å²) in [5.41, 5.74) is 5.16. The molecule has 1 aromatic heterocycles. The summed E-state index contributed by atoms with van der Waals surface area (Å²) in [4.78, 5) is 23.2. The quantitative estimate of drug-likeness (QED) is 0.834. The molecule has 1 rings (SSSR count). The van der Waals surface area contributed by atoms with Crippen molar-refractivity contribution in [1.82, 2.24) is 15.1 Å². The molecule has 0 fully saturated rings. The van der Waals surface area contributed by atoms with Crippen LogP contribution in [0.15, 0.2) is 16.9 Å². The smallest absolute Gasteiger partial charge is 0.272 e. The molecule has 3 N–H and O–H groups in total. The summed E-state index contributed by atoms with van der Waals surface area (Å²) in [5, 5.41) is 6.77. The maximum Gasteiger partial charge on any atom is 0.272 e. The number of carbonyl (C=O) groups is 1. The summed E-state index contributed by atoms with van der Waals surface area (Å²) in [6.45, 7) is 6.20. The Bertz CT molecular complexity index is 501. The van der Waals surface area contributed by atoms with Gasteiger partial charge in [0.05, 0.1) is 5.54 Å². The molecule has 1 unspecified atom stereocenters. The van der Waals surface area contributed by atoms with E-state index in [0.717, 1.165) is 4.68 Å². The second-order valence-corrected chi connectivity index (χ2v) is 4.91. The molecule has 108 valence electrons. The molecule has 0 aromatic carbocycles. The predicted octanol–water partition coefficient (Wildman–Crippen LogP) is 0.305. The van der Waals surface area contributed by atoms with E-state index in [0.29, 0.717) is 6.54 Å². The second kappa shape index (κ2) is 6.68. The summed E-state index contributed by atoms with van der Waals surface area (Å²) in [7, 11) is 1.50. The minimum atomic E-state index is -0.493. The van der Waals surface area contributed by atoms with Crippen LogP contribution in [-0.4, -0.2) is 27.8 Å². The molecule has 1 amide bonds. The molecule has 1 aromatic rings. The Morgan fingerprint density at radius 3 is 2.53 bits per heavy atom. The first kappa shape index (κ1) is 17.6. The molecule has 7 heteroatoms. The maximum atomic E-state index is 12.0. The average Bonchev–Trinajstić information content (AvgIpc) is 2.32. The molecule has 1 heterocycles. The molecule has 0 bridgehead atoms. The zero-order chi connectivity index (χ0) is 13.9. The Labute approximate surface area is 118 Å². The van der Waals surface area contributed by atoms with Crippen LogP contribution < -0.4 is 16.6 Å². The molecule has 1 atom stereocenters. The van der Waals surface area contributed by atoms with Crippen LogP contribution in [-0.2, 0) is 7.05 Å². The Hall–Kier alpha value is -1.40. The van der Waals surface area contributed by atoms with E-state index in [4.69, 9.17) is 5.73 Å². The van der Waals surface area contributed by atoms with E-state index in [9.17, 15) is 9.59 Å². The number of rotatable bonds is 4. The van der Waals surface area contributed by atoms with Crippen molar-refractivity contribution in [3.05, 3.63) is 28.2 Å². The Balaban J connectivity index is 0.00000324. The Morgan fingerprint density at radius 2 is 2.11 bits per heavy atom. The van der Waals surface area contributed by atoms with E-state index in [-0.39, 0.29) is 35.5 Å². The SMILES string of the molecule is CC(C)C(C)(CN)NC(=O)c1ccc(=O)n(C)n1.Cl. The van der Waals surface area contributed by atoms with Crippen molar-refractivity contribution in [2.75, 3.05) is 6.54 Å². The fraction of sp³-hybridized carbons (Fsp3) is 0.583. The number of aromatic nitrogens is 2. The number of hydrogen-bond donors (Lipinski definition) is 2. The summed E-state index contributed by atoms with van der Waals surface area (Å²) in [6.07, 6.45) is 0. The van der Waals surface area contributed by atoms with Crippen molar-refractivity contribution < 1.29 is 4.79 Å². The molecule has 0 aliphatic heterocycles. The molecule has 6 nitrogen and oxygen atoms in total. The largest absolute Gasteiger partial charge is 0.344 e. The van der Waals surface area contributed by atoms with Crippen LogP contribution in [0, 0.1) is 5.92 Å². The summed E-state index contributed by atoms with van der Waals surface area (Å²) < 4.78 is 1.13. The second-order valence-electron chi connectivity index (χ2n) is 4.91. The fourth-order valence-corrected chi connectivity index (χ4v) is 1.38. The van der Waals surface area contributed by atoms with Gasteiger partial charge in [-0.2, -0.15) is 5.10 Å². The van der Waals surface area contributed by atoms with Gasteiger partial charge in [-0.25, -0.2) is 4.68 Å². The third-order valence-corrected chi connectivity index (χ3v) is 3.29. The van der Waals surface area contributed by atoms with Gasteiger partial charge in [0.1, 0.15) is 5.69 Å². The molecule has 0 radical (unpaired) electrons. The fourth-order valence-electron chi connectivity index (χ4n) is 1.38. The first-order valence-electron chi connectivity index (χ1n) is 5.87. The van der Waals surface area contributed by atoms with Crippen LogP contribution in [0.1, 0.15) is 31.3 Å². The van der Waals surface area contributed by atoms with Crippen molar-refractivity contribution in [3.8, 4) is 0 Å². The first-order chi connectivity index (χ1) is 8.30. The minimum Gasteiger partial charge on any atom is -0.344 e. The van der Waals surface area contributed by atoms with Gasteiger partial charge in [-0.05, 0) is 18.9 Å². The molecular formula is C12H21ClN4O2. The Kier molecular flexibility index (Phi) is 6.18. The van der Waals surface area contributed by atoms with E-state index in [1.807, 2.05) is 20.8 Å². The zero-order valence-corrected chi connectivity index (χ0v) is 12.5. The van der Waals surface area contributed by atoms with Crippen molar-refractivity contribution in [1.29, 1.82) is 0 Å². The highest BCUT2D eigenvalue weighted by molar-refractivity contribution is 5.92. The van der Waals surface area contributed by atoms with Gasteiger partial charge in [-0.15, -0.1) is 12.4 Å². The number of halogens is 1. The lowest BCUT2D eigenvalue weighted by molar-refractivity contribution is 0.0875. The lowest BCUT2D eigenvalue weighted by atomic mass is 9.88. The summed E-state index contributed by atoms with van der Waals surface area (Å²) in [6, 6.07) is 2.73. The summed E-state index contributed by atoms with van der Waals surface area (Å²) >= 11 is 0. The van der Waals surface area contributed by atoms with Crippen LogP contribution in [0.3, 0.4) is 0 Å². The monoisotopic (exact) mass is 288 g/mol. The highest BCUT2D eigenvalue weighted by Crippen LogP contribution is 2.15. The highest BCUT2D eigenvalue weighted by atomic mass is 35.5. The molecule has 19 heavy (non-hydrogen) atoms. The lowest BCUT2D eigenvalue weighted by Gasteiger charge is -2.33. The average molecular weight is 289 g/mol. The number of nitrogens with two attached hydrogens (primary N) is 1. The van der Waals surface area contributed by atoms with Crippen LogP contribution in [0.2, 0.25) is 0 Å². The molecule has 0 saturated heterocycles. The van der Waals surface area contributed by atoms with Gasteiger partial charge in [0, 0.05) is 19.7 Å². The molecular weight excluding hydrogens is 268 g/mol. The van der Waals surface area contributed by atoms with E-state index in [1.54, 1.807) is 0 Å². The third-order valence-electron chi connectivity index (χ3n) is 3.29. The minimum absolute atomic E-state index is 0. The van der Waals surface area contributed by atoms with Crippen LogP contribution in [0.5, 0.6) is 0 Å². The Morgan fingerprint density at radius 1 is 1.53 bits per heavy atom. The van der Waals surface area contributed by atoms with Gasteiger partial charge < -0.3 is 11.1 Å². The van der Waals surface area contributed by atoms with Gasteiger partial charge >= 0.3 is 0 Å². The van der Waals surface area contributed by atoms with Crippen LogP contribution >= 0.6 is 12.4 Å². The van der Waals surface area contributed by atoms with Crippen molar-refractivity contribution in [2.24, 2.45) is 18.7 Å². The number of amides is 1. The number of nitrogens with one attached hydrogen (secondary N) is 1. The van der Waals surface area contributed by atoms with Gasteiger partial charge in [-0.3, -0.25) is 9.59 Å². The van der Waals surface area contributed by atoms with Crippen molar-refractivity contribution in [2.45, 2.75) is 26.3 Å². The molecule has 0 spiro atoms. The van der Waals surface area contributed by atoms with Gasteiger partial charge in [0.25, 0.3) is 11.5 Å². The molecule has 0 aliphatic carbocycles. The number of nitrogens with zero attached hydrogens (tertiary/aromatic N) is 2. The van der Waals surface area contributed by atoms with E-state index in [1.165, 1.54) is 19.2 Å². The molecule has 0 saturated carbocycles. The van der Waals surface area contributed by atoms with Crippen LogP contribution in [0.4, 0.5) is 0 Å². The van der Waals surface area contributed by atoms with Gasteiger partial charge in [-0.1, -0.05) is 13.8 Å². The number of carbonyl (C=O) groups excluding carboxylic acids is 1. The third kappa shape index (κ3) is 4.04. The first-order valence-corrected chi connectivity index (χ1v) is 5.87. The number of aryl methyl sites for hydroxylation is 1. The van der Waals surface area contributed by atoms with Crippen molar-refractivity contribution >= 4 is 18.3 Å². The highest BCUT2D eigenvalue weighted by Gasteiger charge is 2.29. The van der Waals surface area contributed by atoms with Gasteiger partial charge in [0.15, 0.2) is 0 Å². The number of hydrogen-bond acceptors (Lipinski definition) is 4. The standard InChI is InChI=1S/C12H20N4O2.ClH/c1-8(2)12(3,7-13)14-11(18)9-5-6-10(17)16(4)15-9;/h5-6,8H,7,13H2,1-4H3,(H,14,18);1H. The summed E-state index contributed by atoms with van der Waals surface area (Å²) in [5.74, 6) is -0.133. The molecule has 0 aliphatic rings. The predicted molar refractivity (Wildman–Crippen MR) is 76.5 cm³/mol. The lowest BCUT2D eigenvalue weighted by Crippen LogP contribution is -2.55. The normalized spacial score (nSPS) is 13.6. The van der Waals surface area contributed by atoms with E-state index in [2.05, 4.69) is 10.4 Å². The van der Waals surface area contributed by atoms with Crippen molar-refractivity contribution in [3.63, 3.8) is 0 Å². The van der Waals surface area contributed by atoms with E-state index < -0.39 is 5.54 Å². The zero-order valence-electron chi connectivity index (χ0n) is 11.6.